The fourth-order valence-electron chi connectivity index (χ4n) is 4.23. The lowest BCUT2D eigenvalue weighted by Crippen LogP contribution is -2.41. The predicted octanol–water partition coefficient (Wildman–Crippen LogP) is 2.45. The second kappa shape index (κ2) is 10.7. The summed E-state index contributed by atoms with van der Waals surface area (Å²) in [5.74, 6) is 3.10. The molecule has 4 atom stereocenters. The summed E-state index contributed by atoms with van der Waals surface area (Å²) < 4.78 is 39.6. The third-order valence-electron chi connectivity index (χ3n) is 5.90. The summed E-state index contributed by atoms with van der Waals surface area (Å²) in [5, 5.41) is 14.9. The van der Waals surface area contributed by atoms with Crippen LogP contribution in [0.2, 0.25) is 0 Å². The van der Waals surface area contributed by atoms with Gasteiger partial charge in [-0.25, -0.2) is 13.2 Å². The van der Waals surface area contributed by atoms with Crippen LogP contribution >= 0.6 is 0 Å². The number of carbonyl (C=O) groups is 2. The van der Waals surface area contributed by atoms with E-state index < -0.39 is 42.1 Å². The van der Waals surface area contributed by atoms with Gasteiger partial charge in [0.15, 0.2) is 5.82 Å². The lowest BCUT2D eigenvalue weighted by atomic mass is 9.81. The summed E-state index contributed by atoms with van der Waals surface area (Å²) in [4.78, 5) is 35.5. The van der Waals surface area contributed by atoms with E-state index >= 15 is 0 Å². The van der Waals surface area contributed by atoms with E-state index in [4.69, 9.17) is 0 Å². The van der Waals surface area contributed by atoms with Gasteiger partial charge in [0.25, 0.3) is 12.0 Å². The first kappa shape index (κ1) is 23.9. The molecule has 2 aliphatic rings. The number of carboxylic acids is 1. The van der Waals surface area contributed by atoms with E-state index in [-0.39, 0.29) is 23.6 Å². The first-order valence-electron chi connectivity index (χ1n) is 10.7. The molecule has 0 bridgehead atoms. The number of alkyl halides is 2. The highest BCUT2D eigenvalue weighted by Gasteiger charge is 2.28. The standard InChI is InChI=1S/C22H26F3N3O4/c23-18-10-17(11-28(21(18)30)12-19(24)25)27-20(29)14-6-7-26-16(9-14)5-4-13-2-1-3-15(8-13)22(31)32/h10-11,13-16,19,26H,1-3,6-9,12H2,(H,27,29)(H,31,32). The molecule has 3 N–H and O–H groups in total. The zero-order valence-electron chi connectivity index (χ0n) is 17.5. The number of carboxylic acid groups (broad SMARTS) is 1. The number of hydrogen-bond donors (Lipinski definition) is 3. The molecule has 7 nitrogen and oxygen atoms in total. The summed E-state index contributed by atoms with van der Waals surface area (Å²) in [6.45, 7) is -0.423. The van der Waals surface area contributed by atoms with Crippen molar-refractivity contribution in [2.75, 3.05) is 11.9 Å². The number of anilines is 1. The molecular formula is C22H26F3N3O4. The van der Waals surface area contributed by atoms with E-state index in [0.717, 1.165) is 25.1 Å². The summed E-state index contributed by atoms with van der Waals surface area (Å²) >= 11 is 0. The minimum absolute atomic E-state index is 0.0136. The zero-order chi connectivity index (χ0) is 23.3. The van der Waals surface area contributed by atoms with Crippen LogP contribution in [-0.4, -0.2) is 40.6 Å². The Morgan fingerprint density at radius 2 is 2.00 bits per heavy atom. The van der Waals surface area contributed by atoms with Gasteiger partial charge < -0.3 is 20.3 Å². The average Bonchev–Trinajstić information content (AvgIpc) is 2.75. The molecule has 1 aromatic rings. The molecule has 3 rings (SSSR count). The van der Waals surface area contributed by atoms with Crippen LogP contribution < -0.4 is 16.2 Å². The van der Waals surface area contributed by atoms with E-state index in [1.54, 1.807) is 0 Å². The molecule has 10 heteroatoms. The number of nitrogens with one attached hydrogen (secondary N) is 2. The van der Waals surface area contributed by atoms with Gasteiger partial charge in [-0.2, -0.15) is 0 Å². The van der Waals surface area contributed by atoms with Crippen molar-refractivity contribution in [3.63, 3.8) is 0 Å². The highest BCUT2D eigenvalue weighted by molar-refractivity contribution is 5.92. The molecular weight excluding hydrogens is 427 g/mol. The van der Waals surface area contributed by atoms with Gasteiger partial charge in [0.2, 0.25) is 5.91 Å². The number of carbonyl (C=O) groups excluding carboxylic acids is 1. The smallest absolute Gasteiger partial charge is 0.306 e. The second-order valence-electron chi connectivity index (χ2n) is 8.33. The van der Waals surface area contributed by atoms with Crippen molar-refractivity contribution in [1.29, 1.82) is 0 Å². The molecule has 4 unspecified atom stereocenters. The molecule has 2 fully saturated rings. The van der Waals surface area contributed by atoms with Gasteiger partial charge >= 0.3 is 5.97 Å². The van der Waals surface area contributed by atoms with E-state index in [1.165, 1.54) is 0 Å². The van der Waals surface area contributed by atoms with Crippen LogP contribution in [0.25, 0.3) is 0 Å². The Morgan fingerprint density at radius 1 is 1.22 bits per heavy atom. The Morgan fingerprint density at radius 3 is 2.72 bits per heavy atom. The van der Waals surface area contributed by atoms with Crippen LogP contribution in [0.3, 0.4) is 0 Å². The van der Waals surface area contributed by atoms with Crippen LogP contribution in [0.4, 0.5) is 18.9 Å². The van der Waals surface area contributed by atoms with Crippen molar-refractivity contribution in [2.24, 2.45) is 17.8 Å². The van der Waals surface area contributed by atoms with Crippen molar-refractivity contribution in [2.45, 2.75) is 57.5 Å². The number of hydrogen-bond acceptors (Lipinski definition) is 4. The summed E-state index contributed by atoms with van der Waals surface area (Å²) in [7, 11) is 0. The number of nitrogens with zero attached hydrogens (tertiary/aromatic N) is 1. The van der Waals surface area contributed by atoms with E-state index in [9.17, 15) is 32.7 Å². The largest absolute Gasteiger partial charge is 0.481 e. The van der Waals surface area contributed by atoms with Crippen molar-refractivity contribution < 1.29 is 27.9 Å². The third kappa shape index (κ3) is 6.36. The number of amides is 1. The van der Waals surface area contributed by atoms with Crippen molar-refractivity contribution >= 4 is 17.6 Å². The van der Waals surface area contributed by atoms with Crippen molar-refractivity contribution in [3.8, 4) is 11.8 Å². The highest BCUT2D eigenvalue weighted by atomic mass is 19.3. The number of pyridine rings is 1. The van der Waals surface area contributed by atoms with Crippen LogP contribution in [0.1, 0.15) is 38.5 Å². The average molecular weight is 453 g/mol. The van der Waals surface area contributed by atoms with Crippen LogP contribution in [-0.2, 0) is 16.1 Å². The second-order valence-corrected chi connectivity index (χ2v) is 8.33. The van der Waals surface area contributed by atoms with Crippen molar-refractivity contribution in [1.82, 2.24) is 9.88 Å². The molecule has 1 amide bonds. The summed E-state index contributed by atoms with van der Waals surface area (Å²) in [6.07, 6.45) is 1.98. The Labute approximate surface area is 183 Å². The monoisotopic (exact) mass is 453 g/mol. The van der Waals surface area contributed by atoms with Gasteiger partial charge in [-0.05, 0) is 38.6 Å². The quantitative estimate of drug-likeness (QED) is 0.595. The molecule has 1 aromatic heterocycles. The maximum absolute atomic E-state index is 13.8. The molecule has 1 saturated heterocycles. The molecule has 1 saturated carbocycles. The normalized spacial score (nSPS) is 25.6. The SMILES string of the molecule is O=C(O)C1CCCC(C#CC2CC(C(=O)Nc3cc(F)c(=O)n(CC(F)F)c3)CCN2)C1. The van der Waals surface area contributed by atoms with Crippen LogP contribution in [0, 0.1) is 35.4 Å². The Hall–Kier alpha value is -2.80. The lowest BCUT2D eigenvalue weighted by molar-refractivity contribution is -0.143. The molecule has 0 aromatic carbocycles. The molecule has 0 radical (unpaired) electrons. The fourth-order valence-corrected chi connectivity index (χ4v) is 4.23. The number of aromatic nitrogens is 1. The first-order chi connectivity index (χ1) is 15.2. The maximum atomic E-state index is 13.8. The molecule has 1 aliphatic heterocycles. The van der Waals surface area contributed by atoms with Gasteiger partial charge in [-0.3, -0.25) is 14.4 Å². The van der Waals surface area contributed by atoms with Crippen LogP contribution in [0.15, 0.2) is 17.1 Å². The summed E-state index contributed by atoms with van der Waals surface area (Å²) in [6, 6.07) is 0.580. The fraction of sp³-hybridized carbons (Fsp3) is 0.591. The number of piperidine rings is 1. The van der Waals surface area contributed by atoms with Crippen molar-refractivity contribution in [3.05, 3.63) is 28.4 Å². The maximum Gasteiger partial charge on any atom is 0.306 e. The summed E-state index contributed by atoms with van der Waals surface area (Å²) in [5.41, 5.74) is -1.23. The van der Waals surface area contributed by atoms with E-state index in [0.29, 0.717) is 36.8 Å². The third-order valence-corrected chi connectivity index (χ3v) is 5.90. The number of aliphatic carboxylic acids is 1. The first-order valence-corrected chi connectivity index (χ1v) is 10.7. The Bertz CT molecular complexity index is 969. The number of halogens is 3. The molecule has 1 aliphatic carbocycles. The van der Waals surface area contributed by atoms with E-state index in [1.807, 2.05) is 0 Å². The van der Waals surface area contributed by atoms with Gasteiger partial charge in [-0.1, -0.05) is 18.3 Å². The molecule has 32 heavy (non-hydrogen) atoms. The molecule has 174 valence electrons. The van der Waals surface area contributed by atoms with Crippen LogP contribution in [0.5, 0.6) is 0 Å². The zero-order valence-corrected chi connectivity index (χ0v) is 17.5. The molecule has 2 heterocycles. The Kier molecular flexibility index (Phi) is 7.96. The van der Waals surface area contributed by atoms with Gasteiger partial charge in [-0.15, -0.1) is 0 Å². The minimum atomic E-state index is -2.84. The molecule has 0 spiro atoms. The minimum Gasteiger partial charge on any atom is -0.481 e. The highest BCUT2D eigenvalue weighted by Crippen LogP contribution is 2.29. The number of rotatable bonds is 5. The lowest BCUT2D eigenvalue weighted by Gasteiger charge is -2.27. The predicted molar refractivity (Wildman–Crippen MR) is 111 cm³/mol. The van der Waals surface area contributed by atoms with Gasteiger partial charge in [0, 0.05) is 24.1 Å². The topological polar surface area (TPSA) is 100 Å². The van der Waals surface area contributed by atoms with Gasteiger partial charge in [0.1, 0.15) is 0 Å². The van der Waals surface area contributed by atoms with Gasteiger partial charge in [0.05, 0.1) is 24.2 Å². The Balaban J connectivity index is 1.61. The van der Waals surface area contributed by atoms with E-state index in [2.05, 4.69) is 22.5 Å².